The van der Waals surface area contributed by atoms with E-state index in [4.69, 9.17) is 16.7 Å². The Balaban J connectivity index is 3.02. The highest BCUT2D eigenvalue weighted by atomic mass is 35.5. The summed E-state index contributed by atoms with van der Waals surface area (Å²) in [5.41, 5.74) is 1.94. The number of hydrogen-bond acceptors (Lipinski definition) is 1. The van der Waals surface area contributed by atoms with E-state index in [0.717, 1.165) is 11.1 Å². The van der Waals surface area contributed by atoms with Gasteiger partial charge < -0.3 is 5.11 Å². The molecule has 0 aliphatic heterocycles. The maximum atomic E-state index is 8.97. The summed E-state index contributed by atoms with van der Waals surface area (Å²) < 4.78 is 0. The van der Waals surface area contributed by atoms with Gasteiger partial charge in [-0.2, -0.15) is 0 Å². The monoisotopic (exact) mass is 194 g/mol. The predicted octanol–water partition coefficient (Wildman–Crippen LogP) is 2.38. The molecule has 0 aliphatic carbocycles. The molecule has 0 aromatic heterocycles. The third-order valence-corrected chi connectivity index (χ3v) is 1.85. The average molecular weight is 195 g/mol. The second kappa shape index (κ2) is 4.32. The zero-order chi connectivity index (χ0) is 9.84. The topological polar surface area (TPSA) is 20.2 Å². The lowest BCUT2D eigenvalue weighted by molar-refractivity contribution is 0.253. The molecule has 1 rings (SSSR count). The molecular weight excluding hydrogens is 184 g/mol. The van der Waals surface area contributed by atoms with Crippen molar-refractivity contribution in [3.63, 3.8) is 0 Å². The van der Waals surface area contributed by atoms with Crippen LogP contribution in [-0.4, -0.2) is 11.2 Å². The molecule has 0 radical (unpaired) electrons. The van der Waals surface area contributed by atoms with Crippen LogP contribution in [0.3, 0.4) is 0 Å². The van der Waals surface area contributed by atoms with Crippen molar-refractivity contribution in [3.05, 3.63) is 34.3 Å². The molecule has 1 atom stereocenters. The van der Waals surface area contributed by atoms with E-state index in [9.17, 15) is 0 Å². The maximum Gasteiger partial charge on any atom is 0.112 e. The van der Waals surface area contributed by atoms with Gasteiger partial charge in [0, 0.05) is 10.6 Å². The van der Waals surface area contributed by atoms with Gasteiger partial charge in [0.05, 0.1) is 0 Å². The number of aliphatic hydroxyl groups is 1. The van der Waals surface area contributed by atoms with Crippen molar-refractivity contribution >= 4 is 11.6 Å². The summed E-state index contributed by atoms with van der Waals surface area (Å²) >= 11 is 5.80. The van der Waals surface area contributed by atoms with Crippen LogP contribution in [0.5, 0.6) is 0 Å². The number of benzene rings is 1. The summed E-state index contributed by atoms with van der Waals surface area (Å²) in [6, 6.07) is 5.53. The molecule has 1 nitrogen and oxygen atoms in total. The van der Waals surface area contributed by atoms with E-state index in [2.05, 4.69) is 11.8 Å². The first kappa shape index (κ1) is 10.1. The van der Waals surface area contributed by atoms with E-state index in [1.807, 2.05) is 19.1 Å². The molecule has 1 unspecified atom stereocenters. The number of aliphatic hydroxyl groups excluding tert-OH is 1. The van der Waals surface area contributed by atoms with Gasteiger partial charge in [0.1, 0.15) is 6.10 Å². The van der Waals surface area contributed by atoms with E-state index in [1.165, 1.54) is 0 Å². The van der Waals surface area contributed by atoms with Crippen molar-refractivity contribution in [1.29, 1.82) is 0 Å². The Kier molecular flexibility index (Phi) is 3.36. The highest BCUT2D eigenvalue weighted by Crippen LogP contribution is 2.14. The van der Waals surface area contributed by atoms with Crippen molar-refractivity contribution < 1.29 is 5.11 Å². The summed E-state index contributed by atoms with van der Waals surface area (Å²) in [6.45, 7) is 3.59. The summed E-state index contributed by atoms with van der Waals surface area (Å²) in [7, 11) is 0. The summed E-state index contributed by atoms with van der Waals surface area (Å²) in [5.74, 6) is 5.55. The van der Waals surface area contributed by atoms with Gasteiger partial charge in [0.2, 0.25) is 0 Å². The molecule has 0 bridgehead atoms. The minimum atomic E-state index is -0.599. The molecule has 0 aliphatic rings. The first-order valence-corrected chi connectivity index (χ1v) is 4.43. The standard InChI is InChI=1S/C11H11ClO/c1-8-3-6-11(12)7-10(8)5-4-9(2)13/h3,6-7,9,13H,1-2H3. The van der Waals surface area contributed by atoms with E-state index in [1.54, 1.807) is 13.0 Å². The Labute approximate surface area is 83.4 Å². The van der Waals surface area contributed by atoms with E-state index < -0.39 is 6.10 Å². The lowest BCUT2D eigenvalue weighted by atomic mass is 10.1. The Morgan fingerprint density at radius 3 is 2.77 bits per heavy atom. The van der Waals surface area contributed by atoms with Gasteiger partial charge in [-0.15, -0.1) is 0 Å². The maximum absolute atomic E-state index is 8.97. The quantitative estimate of drug-likeness (QED) is 0.629. The average Bonchev–Trinajstić information content (AvgIpc) is 2.06. The van der Waals surface area contributed by atoms with Gasteiger partial charge in [-0.25, -0.2) is 0 Å². The van der Waals surface area contributed by atoms with Crippen LogP contribution >= 0.6 is 11.6 Å². The van der Waals surface area contributed by atoms with Crippen LogP contribution in [0.25, 0.3) is 0 Å². The normalized spacial score (nSPS) is 11.7. The van der Waals surface area contributed by atoms with E-state index in [0.29, 0.717) is 5.02 Å². The van der Waals surface area contributed by atoms with Crippen LogP contribution in [0.4, 0.5) is 0 Å². The Morgan fingerprint density at radius 2 is 2.15 bits per heavy atom. The molecule has 13 heavy (non-hydrogen) atoms. The molecule has 1 N–H and O–H groups in total. The third-order valence-electron chi connectivity index (χ3n) is 1.62. The third kappa shape index (κ3) is 3.10. The summed E-state index contributed by atoms with van der Waals surface area (Å²) in [5, 5.41) is 9.63. The van der Waals surface area contributed by atoms with Crippen molar-refractivity contribution in [2.75, 3.05) is 0 Å². The Bertz CT molecular complexity index is 358. The SMILES string of the molecule is Cc1ccc(Cl)cc1C#CC(C)O. The summed E-state index contributed by atoms with van der Waals surface area (Å²) in [6.07, 6.45) is -0.599. The Hall–Kier alpha value is -0.970. The zero-order valence-corrected chi connectivity index (χ0v) is 8.39. The smallest absolute Gasteiger partial charge is 0.112 e. The van der Waals surface area contributed by atoms with Gasteiger partial charge in [-0.05, 0) is 31.5 Å². The fourth-order valence-corrected chi connectivity index (χ4v) is 1.08. The summed E-state index contributed by atoms with van der Waals surface area (Å²) in [4.78, 5) is 0. The minimum Gasteiger partial charge on any atom is -0.381 e. The number of halogens is 1. The van der Waals surface area contributed by atoms with Crippen LogP contribution < -0.4 is 0 Å². The van der Waals surface area contributed by atoms with Crippen molar-refractivity contribution in [2.45, 2.75) is 20.0 Å². The molecule has 1 aromatic rings. The second-order valence-corrected chi connectivity index (χ2v) is 3.34. The number of hydrogen-bond donors (Lipinski definition) is 1. The van der Waals surface area contributed by atoms with Crippen molar-refractivity contribution in [2.24, 2.45) is 0 Å². The highest BCUT2D eigenvalue weighted by Gasteiger charge is 1.95. The Morgan fingerprint density at radius 1 is 1.46 bits per heavy atom. The molecular formula is C11H11ClO. The molecule has 68 valence electrons. The molecule has 0 heterocycles. The van der Waals surface area contributed by atoms with Gasteiger partial charge in [-0.3, -0.25) is 0 Å². The predicted molar refractivity (Wildman–Crippen MR) is 54.7 cm³/mol. The van der Waals surface area contributed by atoms with Crippen LogP contribution in [0.1, 0.15) is 18.1 Å². The minimum absolute atomic E-state index is 0.599. The van der Waals surface area contributed by atoms with Crippen LogP contribution in [-0.2, 0) is 0 Å². The van der Waals surface area contributed by atoms with Gasteiger partial charge >= 0.3 is 0 Å². The highest BCUT2D eigenvalue weighted by molar-refractivity contribution is 6.30. The van der Waals surface area contributed by atoms with Crippen LogP contribution in [0, 0.1) is 18.8 Å². The largest absolute Gasteiger partial charge is 0.381 e. The molecule has 0 amide bonds. The second-order valence-electron chi connectivity index (χ2n) is 2.90. The first-order valence-electron chi connectivity index (χ1n) is 4.05. The van der Waals surface area contributed by atoms with Crippen LogP contribution in [0.15, 0.2) is 18.2 Å². The van der Waals surface area contributed by atoms with Gasteiger partial charge in [0.15, 0.2) is 0 Å². The zero-order valence-electron chi connectivity index (χ0n) is 7.63. The van der Waals surface area contributed by atoms with Gasteiger partial charge in [0.25, 0.3) is 0 Å². The van der Waals surface area contributed by atoms with Crippen LogP contribution in [0.2, 0.25) is 5.02 Å². The van der Waals surface area contributed by atoms with Crippen molar-refractivity contribution in [1.82, 2.24) is 0 Å². The van der Waals surface area contributed by atoms with E-state index in [-0.39, 0.29) is 0 Å². The lowest BCUT2D eigenvalue weighted by Gasteiger charge is -1.98. The van der Waals surface area contributed by atoms with Crippen molar-refractivity contribution in [3.8, 4) is 11.8 Å². The first-order chi connectivity index (χ1) is 6.09. The molecule has 2 heteroatoms. The fraction of sp³-hybridized carbons (Fsp3) is 0.273. The van der Waals surface area contributed by atoms with E-state index >= 15 is 0 Å². The number of aryl methyl sites for hydroxylation is 1. The fourth-order valence-electron chi connectivity index (χ4n) is 0.911. The molecule has 0 saturated carbocycles. The molecule has 0 spiro atoms. The number of rotatable bonds is 0. The van der Waals surface area contributed by atoms with Gasteiger partial charge in [-0.1, -0.05) is 29.5 Å². The molecule has 0 saturated heterocycles. The lowest BCUT2D eigenvalue weighted by Crippen LogP contribution is -1.93. The molecule has 1 aromatic carbocycles. The molecule has 0 fully saturated rings.